The molecular formula is C10H9F3O5S. The largest absolute Gasteiger partial charge is 0.491 e. The van der Waals surface area contributed by atoms with Crippen molar-refractivity contribution >= 4 is 21.1 Å². The smallest absolute Gasteiger partial charge is 0.392 e. The summed E-state index contributed by atoms with van der Waals surface area (Å²) in [6, 6.07) is 0. The van der Waals surface area contributed by atoms with Crippen molar-refractivity contribution in [2.24, 2.45) is 0 Å². The molecule has 0 aliphatic heterocycles. The number of allylic oxidation sites excluding steroid dienone is 2. The Morgan fingerprint density at radius 2 is 2.05 bits per heavy atom. The second kappa shape index (κ2) is 5.91. The van der Waals surface area contributed by atoms with Crippen LogP contribution >= 0.6 is 0 Å². The highest BCUT2D eigenvalue weighted by molar-refractivity contribution is 7.73. The lowest BCUT2D eigenvalue weighted by Gasteiger charge is -2.15. The van der Waals surface area contributed by atoms with Gasteiger partial charge < -0.3 is 9.84 Å². The number of ether oxygens (including phenoxy) is 1. The monoisotopic (exact) mass is 298 g/mol. The Labute approximate surface area is 107 Å². The van der Waals surface area contributed by atoms with Gasteiger partial charge >= 0.3 is 12.1 Å². The number of rotatable bonds is 4. The molecule has 106 valence electrons. The number of carboxylic acids is 1. The highest BCUT2D eigenvalue weighted by Crippen LogP contribution is 2.22. The van der Waals surface area contributed by atoms with Gasteiger partial charge in [-0.2, -0.15) is 21.6 Å². The molecule has 0 atom stereocenters. The molecule has 0 unspecified atom stereocenters. The average molecular weight is 298 g/mol. The van der Waals surface area contributed by atoms with Gasteiger partial charge in [0.25, 0.3) is 0 Å². The predicted octanol–water partition coefficient (Wildman–Crippen LogP) is 1.31. The van der Waals surface area contributed by atoms with E-state index in [1.165, 1.54) is 6.08 Å². The van der Waals surface area contributed by atoms with Crippen LogP contribution in [0.25, 0.3) is 0 Å². The van der Waals surface area contributed by atoms with Crippen LogP contribution in [0.4, 0.5) is 13.2 Å². The molecule has 5 nitrogen and oxygen atoms in total. The van der Waals surface area contributed by atoms with Crippen molar-refractivity contribution in [3.8, 4) is 0 Å². The zero-order valence-corrected chi connectivity index (χ0v) is 10.2. The molecule has 0 aromatic heterocycles. The van der Waals surface area contributed by atoms with Gasteiger partial charge in [0.15, 0.2) is 5.76 Å². The van der Waals surface area contributed by atoms with Crippen molar-refractivity contribution < 1.29 is 36.2 Å². The van der Waals surface area contributed by atoms with Gasteiger partial charge in [-0.3, -0.25) is 0 Å². The molecule has 9 heteroatoms. The lowest BCUT2D eigenvalue weighted by atomic mass is 10.1. The maximum absolute atomic E-state index is 12.0. The van der Waals surface area contributed by atoms with Crippen molar-refractivity contribution in [3.63, 3.8) is 0 Å². The second-order valence-corrected chi connectivity index (χ2v) is 4.49. The fourth-order valence-electron chi connectivity index (χ4n) is 1.34. The first kappa shape index (κ1) is 15.3. The Morgan fingerprint density at radius 3 is 2.53 bits per heavy atom. The van der Waals surface area contributed by atoms with Gasteiger partial charge in [-0.25, -0.2) is 4.79 Å². The van der Waals surface area contributed by atoms with Crippen LogP contribution in [-0.4, -0.2) is 37.1 Å². The van der Waals surface area contributed by atoms with E-state index in [2.05, 4.69) is 0 Å². The number of hydrogen-bond acceptors (Lipinski definition) is 4. The van der Waals surface area contributed by atoms with Crippen molar-refractivity contribution in [3.05, 3.63) is 23.5 Å². The number of alkyl halides is 3. The van der Waals surface area contributed by atoms with Crippen LogP contribution in [0.2, 0.25) is 0 Å². The Morgan fingerprint density at radius 1 is 1.42 bits per heavy atom. The minimum atomic E-state index is -4.47. The van der Waals surface area contributed by atoms with E-state index < -0.39 is 46.8 Å². The van der Waals surface area contributed by atoms with Gasteiger partial charge in [-0.05, 0) is 6.08 Å². The number of carboxylic acid groups (broad SMARTS) is 1. The third kappa shape index (κ3) is 4.43. The maximum Gasteiger partial charge on any atom is 0.392 e. The first-order valence-corrected chi connectivity index (χ1v) is 6.09. The second-order valence-electron chi connectivity index (χ2n) is 3.53. The first-order valence-electron chi connectivity index (χ1n) is 5.01. The lowest BCUT2D eigenvalue weighted by molar-refractivity contribution is -0.142. The summed E-state index contributed by atoms with van der Waals surface area (Å²) >= 11 is 0. The molecule has 1 aliphatic carbocycles. The molecular weight excluding hydrogens is 289 g/mol. The van der Waals surface area contributed by atoms with Gasteiger partial charge in [0.05, 0.1) is 13.0 Å². The molecule has 0 fully saturated rings. The molecule has 0 amide bonds. The zero-order chi connectivity index (χ0) is 14.6. The molecule has 0 saturated heterocycles. The quantitative estimate of drug-likeness (QED) is 0.791. The molecule has 1 aliphatic rings. The van der Waals surface area contributed by atoms with E-state index in [0.717, 1.165) is 6.08 Å². The molecule has 0 aromatic carbocycles. The summed E-state index contributed by atoms with van der Waals surface area (Å²) < 4.78 is 62.4. The zero-order valence-electron chi connectivity index (χ0n) is 9.40. The molecule has 1 N–H and O–H groups in total. The van der Waals surface area contributed by atoms with E-state index in [4.69, 9.17) is 9.84 Å². The molecule has 0 aromatic rings. The Balaban J connectivity index is 3.03. The molecule has 0 saturated carbocycles. The van der Waals surface area contributed by atoms with E-state index >= 15 is 0 Å². The third-order valence-electron chi connectivity index (χ3n) is 2.15. The van der Waals surface area contributed by atoms with Gasteiger partial charge in [0.2, 0.25) is 10.3 Å². The fourth-order valence-corrected chi connectivity index (χ4v) is 1.89. The molecule has 0 radical (unpaired) electrons. The van der Waals surface area contributed by atoms with Crippen molar-refractivity contribution in [1.82, 2.24) is 0 Å². The van der Waals surface area contributed by atoms with Gasteiger partial charge in [-0.1, -0.05) is 6.08 Å². The van der Waals surface area contributed by atoms with Crippen molar-refractivity contribution in [1.29, 1.82) is 0 Å². The Hall–Kier alpha value is -1.77. The molecule has 19 heavy (non-hydrogen) atoms. The van der Waals surface area contributed by atoms with Crippen molar-refractivity contribution in [2.75, 3.05) is 6.61 Å². The van der Waals surface area contributed by atoms with Gasteiger partial charge in [-0.15, -0.1) is 0 Å². The minimum absolute atomic E-state index is 0.117. The van der Waals surface area contributed by atoms with E-state index in [1.54, 1.807) is 0 Å². The number of halogens is 3. The standard InChI is InChI=1S/C10H9F3O5S/c11-10(12,13)4-5-18-8-6(9(14)15)2-1-3-7(8)19(16)17/h1-2H,3-5H2,(H,14,15). The van der Waals surface area contributed by atoms with Gasteiger partial charge in [0, 0.05) is 6.42 Å². The topological polar surface area (TPSA) is 80.7 Å². The van der Waals surface area contributed by atoms with Crippen LogP contribution in [-0.2, 0) is 19.8 Å². The Kier molecular flexibility index (Phi) is 4.76. The van der Waals surface area contributed by atoms with Crippen LogP contribution in [0.3, 0.4) is 0 Å². The summed E-state index contributed by atoms with van der Waals surface area (Å²) in [5, 5.41) is 8.84. The van der Waals surface area contributed by atoms with Crippen LogP contribution in [0.15, 0.2) is 23.5 Å². The van der Waals surface area contributed by atoms with E-state index in [-0.39, 0.29) is 11.3 Å². The summed E-state index contributed by atoms with van der Waals surface area (Å²) in [4.78, 5) is 10.5. The SMILES string of the molecule is O=C(O)C1=C(OCCC(F)(F)F)C(=S(=O)=O)CC=C1. The van der Waals surface area contributed by atoms with Crippen LogP contribution in [0.5, 0.6) is 0 Å². The fraction of sp³-hybridized carbons (Fsp3) is 0.400. The van der Waals surface area contributed by atoms with E-state index in [1.807, 2.05) is 0 Å². The van der Waals surface area contributed by atoms with E-state index in [9.17, 15) is 26.4 Å². The van der Waals surface area contributed by atoms with Crippen LogP contribution in [0, 0.1) is 0 Å². The summed E-state index contributed by atoms with van der Waals surface area (Å²) in [7, 11) is -2.76. The highest BCUT2D eigenvalue weighted by Gasteiger charge is 2.29. The maximum atomic E-state index is 12.0. The molecule has 0 spiro atoms. The molecule has 0 bridgehead atoms. The van der Waals surface area contributed by atoms with Crippen LogP contribution < -0.4 is 0 Å². The summed E-state index contributed by atoms with van der Waals surface area (Å²) in [5.41, 5.74) is -0.479. The summed E-state index contributed by atoms with van der Waals surface area (Å²) in [6.07, 6.45) is -3.50. The summed E-state index contributed by atoms with van der Waals surface area (Å²) in [5.74, 6) is -2.01. The van der Waals surface area contributed by atoms with Crippen molar-refractivity contribution in [2.45, 2.75) is 19.0 Å². The van der Waals surface area contributed by atoms with Gasteiger partial charge in [0.1, 0.15) is 10.4 Å². The highest BCUT2D eigenvalue weighted by atomic mass is 32.2. The number of hydrogen-bond donors (Lipinski definition) is 1. The summed E-state index contributed by atoms with van der Waals surface area (Å²) in [6.45, 7) is -0.843. The van der Waals surface area contributed by atoms with E-state index in [0.29, 0.717) is 0 Å². The molecule has 0 heterocycles. The third-order valence-corrected chi connectivity index (χ3v) is 2.90. The molecule has 1 rings (SSSR count). The van der Waals surface area contributed by atoms with Crippen LogP contribution in [0.1, 0.15) is 12.8 Å². The lowest BCUT2D eigenvalue weighted by Crippen LogP contribution is -2.19. The number of aliphatic carboxylic acids is 1. The first-order chi connectivity index (χ1) is 8.72. The normalized spacial score (nSPS) is 15.6. The predicted molar refractivity (Wildman–Crippen MR) is 59.0 cm³/mol. The average Bonchev–Trinajstić information content (AvgIpc) is 2.26. The number of carbonyl (C=O) groups is 1. The minimum Gasteiger partial charge on any atom is -0.491 e. The Bertz CT molecular complexity index is 560.